The number of nitrogens with zero attached hydrogens (tertiary/aromatic N) is 2. The van der Waals surface area contributed by atoms with Gasteiger partial charge in [0.2, 0.25) is 0 Å². The molecule has 1 fully saturated rings. The maximum absolute atomic E-state index is 4.28. The lowest BCUT2D eigenvalue weighted by molar-refractivity contribution is 0.489. The van der Waals surface area contributed by atoms with E-state index in [0.717, 1.165) is 12.6 Å². The number of hydrogen-bond donors (Lipinski definition) is 1. The molecule has 1 aliphatic rings. The molecule has 1 N–H and O–H groups in total. The second-order valence-electron chi connectivity index (χ2n) is 4.90. The van der Waals surface area contributed by atoms with Gasteiger partial charge >= 0.3 is 0 Å². The molecule has 1 aliphatic heterocycles. The van der Waals surface area contributed by atoms with Crippen LogP contribution in [-0.4, -0.2) is 22.1 Å². The highest BCUT2D eigenvalue weighted by Crippen LogP contribution is 2.19. The molecule has 3 heteroatoms. The van der Waals surface area contributed by atoms with E-state index in [-0.39, 0.29) is 0 Å². The van der Waals surface area contributed by atoms with Crippen molar-refractivity contribution < 1.29 is 0 Å². The average Bonchev–Trinajstić information content (AvgIpc) is 2.96. The summed E-state index contributed by atoms with van der Waals surface area (Å²) in [5.74, 6) is 0.624. The molecule has 1 saturated heterocycles. The van der Waals surface area contributed by atoms with Crippen LogP contribution in [0.1, 0.15) is 51.1 Å². The summed E-state index contributed by atoms with van der Waals surface area (Å²) in [6.45, 7) is 6.83. The second-order valence-corrected chi connectivity index (χ2v) is 4.90. The molecule has 3 nitrogen and oxygen atoms in total. The van der Waals surface area contributed by atoms with Crippen LogP contribution in [0.2, 0.25) is 0 Å². The van der Waals surface area contributed by atoms with E-state index in [4.69, 9.17) is 0 Å². The Morgan fingerprint density at radius 2 is 2.50 bits per heavy atom. The summed E-state index contributed by atoms with van der Waals surface area (Å²) in [5.41, 5.74) is 1.39. The first kappa shape index (κ1) is 11.6. The Hall–Kier alpha value is -0.830. The molecule has 1 aromatic rings. The molecule has 0 amide bonds. The van der Waals surface area contributed by atoms with Gasteiger partial charge in [0, 0.05) is 24.5 Å². The van der Waals surface area contributed by atoms with Crippen molar-refractivity contribution in [1.29, 1.82) is 0 Å². The fourth-order valence-corrected chi connectivity index (χ4v) is 2.44. The maximum atomic E-state index is 4.28. The van der Waals surface area contributed by atoms with Gasteiger partial charge in [0.25, 0.3) is 0 Å². The number of imidazole rings is 1. The first-order valence-corrected chi connectivity index (χ1v) is 6.54. The van der Waals surface area contributed by atoms with Gasteiger partial charge in [-0.15, -0.1) is 0 Å². The van der Waals surface area contributed by atoms with Gasteiger partial charge in [-0.2, -0.15) is 0 Å². The van der Waals surface area contributed by atoms with Gasteiger partial charge in [0.15, 0.2) is 0 Å². The summed E-state index contributed by atoms with van der Waals surface area (Å²) in [5, 5.41) is 3.55. The van der Waals surface area contributed by atoms with E-state index >= 15 is 0 Å². The molecule has 2 heterocycles. The molecular formula is C13H23N3. The fourth-order valence-electron chi connectivity index (χ4n) is 2.44. The standard InChI is InChI=1S/C13H23N3/c1-3-11(2)13-9-14-10-16(13)8-6-12-5-4-7-15-12/h9-12,15H,3-8H2,1-2H3. The van der Waals surface area contributed by atoms with Crippen LogP contribution in [0.4, 0.5) is 0 Å². The Kier molecular flexibility index (Phi) is 3.99. The van der Waals surface area contributed by atoms with E-state index in [1.807, 2.05) is 12.5 Å². The first-order chi connectivity index (χ1) is 7.81. The van der Waals surface area contributed by atoms with Gasteiger partial charge in [-0.1, -0.05) is 13.8 Å². The molecule has 2 unspecified atom stereocenters. The third kappa shape index (κ3) is 2.64. The van der Waals surface area contributed by atoms with Crippen molar-refractivity contribution in [2.75, 3.05) is 6.54 Å². The van der Waals surface area contributed by atoms with Crippen LogP contribution in [-0.2, 0) is 6.54 Å². The predicted octanol–water partition coefficient (Wildman–Crippen LogP) is 2.54. The average molecular weight is 221 g/mol. The molecule has 2 rings (SSSR count). The first-order valence-electron chi connectivity index (χ1n) is 6.54. The van der Waals surface area contributed by atoms with Crippen molar-refractivity contribution in [2.45, 2.75) is 58.0 Å². The number of rotatable bonds is 5. The normalized spacial score (nSPS) is 22.5. The lowest BCUT2D eigenvalue weighted by Crippen LogP contribution is -2.23. The summed E-state index contributed by atoms with van der Waals surface area (Å²) in [6.07, 6.45) is 9.11. The van der Waals surface area contributed by atoms with E-state index in [1.54, 1.807) is 0 Å². The topological polar surface area (TPSA) is 29.9 Å². The second kappa shape index (κ2) is 5.48. The molecule has 0 aromatic carbocycles. The Balaban J connectivity index is 1.90. The Morgan fingerprint density at radius 1 is 1.62 bits per heavy atom. The van der Waals surface area contributed by atoms with Crippen molar-refractivity contribution in [1.82, 2.24) is 14.9 Å². The van der Waals surface area contributed by atoms with E-state index in [1.165, 1.54) is 37.9 Å². The molecule has 16 heavy (non-hydrogen) atoms. The maximum Gasteiger partial charge on any atom is 0.0948 e. The quantitative estimate of drug-likeness (QED) is 0.828. The largest absolute Gasteiger partial charge is 0.334 e. The third-order valence-electron chi connectivity index (χ3n) is 3.74. The van der Waals surface area contributed by atoms with Crippen LogP contribution >= 0.6 is 0 Å². The minimum absolute atomic E-state index is 0.624. The summed E-state index contributed by atoms with van der Waals surface area (Å²) in [6, 6.07) is 0.729. The lowest BCUT2D eigenvalue weighted by atomic mass is 10.1. The Morgan fingerprint density at radius 3 is 3.19 bits per heavy atom. The van der Waals surface area contributed by atoms with E-state index in [9.17, 15) is 0 Å². The van der Waals surface area contributed by atoms with Crippen LogP contribution in [0.15, 0.2) is 12.5 Å². The summed E-state index contributed by atoms with van der Waals surface area (Å²) in [7, 11) is 0. The zero-order valence-corrected chi connectivity index (χ0v) is 10.4. The lowest BCUT2D eigenvalue weighted by Gasteiger charge is -2.15. The molecule has 0 saturated carbocycles. The van der Waals surface area contributed by atoms with Crippen molar-refractivity contribution in [3.63, 3.8) is 0 Å². The molecule has 90 valence electrons. The van der Waals surface area contributed by atoms with Gasteiger partial charge in [-0.05, 0) is 38.1 Å². The molecule has 0 bridgehead atoms. The minimum atomic E-state index is 0.624. The van der Waals surface area contributed by atoms with Gasteiger partial charge in [-0.25, -0.2) is 4.98 Å². The van der Waals surface area contributed by atoms with Crippen LogP contribution < -0.4 is 5.32 Å². The zero-order valence-electron chi connectivity index (χ0n) is 10.4. The Labute approximate surface area is 98.3 Å². The van der Waals surface area contributed by atoms with Gasteiger partial charge in [0.05, 0.1) is 6.33 Å². The van der Waals surface area contributed by atoms with Crippen molar-refractivity contribution in [3.8, 4) is 0 Å². The number of hydrogen-bond acceptors (Lipinski definition) is 2. The number of nitrogens with one attached hydrogen (secondary N) is 1. The zero-order chi connectivity index (χ0) is 11.4. The molecular weight excluding hydrogens is 198 g/mol. The monoisotopic (exact) mass is 221 g/mol. The third-order valence-corrected chi connectivity index (χ3v) is 3.74. The van der Waals surface area contributed by atoms with Gasteiger partial charge in [-0.3, -0.25) is 0 Å². The molecule has 0 radical (unpaired) electrons. The van der Waals surface area contributed by atoms with Gasteiger partial charge in [0.1, 0.15) is 0 Å². The van der Waals surface area contributed by atoms with E-state index < -0.39 is 0 Å². The van der Waals surface area contributed by atoms with Crippen LogP contribution in [0.25, 0.3) is 0 Å². The highest BCUT2D eigenvalue weighted by molar-refractivity contribution is 5.04. The van der Waals surface area contributed by atoms with Crippen molar-refractivity contribution in [3.05, 3.63) is 18.2 Å². The predicted molar refractivity (Wildman–Crippen MR) is 66.6 cm³/mol. The van der Waals surface area contributed by atoms with E-state index in [0.29, 0.717) is 5.92 Å². The van der Waals surface area contributed by atoms with Crippen LogP contribution in [0.3, 0.4) is 0 Å². The van der Waals surface area contributed by atoms with Crippen LogP contribution in [0.5, 0.6) is 0 Å². The highest BCUT2D eigenvalue weighted by atomic mass is 15.1. The SMILES string of the molecule is CCC(C)c1cncn1CCC1CCCN1. The Bertz CT molecular complexity index is 313. The van der Waals surface area contributed by atoms with E-state index in [2.05, 4.69) is 28.7 Å². The van der Waals surface area contributed by atoms with Crippen molar-refractivity contribution >= 4 is 0 Å². The summed E-state index contributed by atoms with van der Waals surface area (Å²) in [4.78, 5) is 4.28. The van der Waals surface area contributed by atoms with Crippen LogP contribution in [0, 0.1) is 0 Å². The van der Waals surface area contributed by atoms with Crippen molar-refractivity contribution in [2.24, 2.45) is 0 Å². The number of aromatic nitrogens is 2. The smallest absolute Gasteiger partial charge is 0.0948 e. The molecule has 1 aromatic heterocycles. The minimum Gasteiger partial charge on any atom is -0.334 e. The number of aryl methyl sites for hydroxylation is 1. The highest BCUT2D eigenvalue weighted by Gasteiger charge is 2.15. The molecule has 0 aliphatic carbocycles. The van der Waals surface area contributed by atoms with Gasteiger partial charge < -0.3 is 9.88 Å². The fraction of sp³-hybridized carbons (Fsp3) is 0.769. The summed E-state index contributed by atoms with van der Waals surface area (Å²) >= 11 is 0. The summed E-state index contributed by atoms with van der Waals surface area (Å²) < 4.78 is 2.33. The molecule has 2 atom stereocenters. The molecule has 0 spiro atoms.